The monoisotopic (exact) mass is 266 g/mol. The van der Waals surface area contributed by atoms with Crippen LogP contribution in [-0.2, 0) is 17.2 Å². The molecule has 1 aromatic carbocycles. The minimum Gasteiger partial charge on any atom is -0.384 e. The number of carbonyl (C=O) groups excluding carboxylic acids is 1. The van der Waals surface area contributed by atoms with Crippen molar-refractivity contribution in [2.45, 2.75) is 19.4 Å². The fourth-order valence-corrected chi connectivity index (χ4v) is 2.93. The highest BCUT2D eigenvalue weighted by Gasteiger charge is 2.15. The van der Waals surface area contributed by atoms with Gasteiger partial charge >= 0.3 is 0 Å². The van der Waals surface area contributed by atoms with Crippen LogP contribution in [0.5, 0.6) is 0 Å². The van der Waals surface area contributed by atoms with E-state index in [4.69, 9.17) is 0 Å². The van der Waals surface area contributed by atoms with Crippen LogP contribution in [0.25, 0.3) is 0 Å². The number of rotatable bonds is 4. The molecule has 2 rings (SSSR count). The Kier molecular flexibility index (Phi) is 4.01. The van der Waals surface area contributed by atoms with Gasteiger partial charge in [-0.2, -0.15) is 0 Å². The fourth-order valence-electron chi connectivity index (χ4n) is 2.15. The van der Waals surface area contributed by atoms with Crippen LogP contribution in [0, 0.1) is 0 Å². The number of fused-ring (bicyclic) bond motifs is 1. The van der Waals surface area contributed by atoms with Gasteiger partial charge in [0.2, 0.25) is 0 Å². The molecule has 1 amide bonds. The van der Waals surface area contributed by atoms with E-state index < -0.39 is 10.8 Å². The predicted octanol–water partition coefficient (Wildman–Crippen LogP) is 1.15. The SMILES string of the molecule is CC(CS(C)=O)NC(=O)c1ccc2c(c1)CCN2. The Morgan fingerprint density at radius 3 is 3.06 bits per heavy atom. The lowest BCUT2D eigenvalue weighted by Crippen LogP contribution is -2.36. The summed E-state index contributed by atoms with van der Waals surface area (Å²) in [7, 11) is -0.893. The molecule has 2 N–H and O–H groups in total. The highest BCUT2D eigenvalue weighted by atomic mass is 32.2. The quantitative estimate of drug-likeness (QED) is 0.859. The maximum absolute atomic E-state index is 12.0. The van der Waals surface area contributed by atoms with Crippen molar-refractivity contribution < 1.29 is 9.00 Å². The first-order valence-electron chi connectivity index (χ1n) is 6.04. The van der Waals surface area contributed by atoms with Gasteiger partial charge in [0.1, 0.15) is 0 Å². The molecule has 0 aliphatic carbocycles. The van der Waals surface area contributed by atoms with Crippen molar-refractivity contribution >= 4 is 22.4 Å². The summed E-state index contributed by atoms with van der Waals surface area (Å²) in [6.45, 7) is 2.81. The molecular weight excluding hydrogens is 248 g/mol. The van der Waals surface area contributed by atoms with E-state index in [2.05, 4.69) is 10.6 Å². The van der Waals surface area contributed by atoms with E-state index in [0.717, 1.165) is 18.7 Å². The molecule has 18 heavy (non-hydrogen) atoms. The summed E-state index contributed by atoms with van der Waals surface area (Å²) in [5, 5.41) is 6.13. The molecule has 0 saturated carbocycles. The number of hydrogen-bond donors (Lipinski definition) is 2. The Balaban J connectivity index is 2.03. The molecule has 1 aromatic rings. The van der Waals surface area contributed by atoms with Gasteiger partial charge < -0.3 is 10.6 Å². The minimum absolute atomic E-state index is 0.0743. The number of amides is 1. The normalized spacial score (nSPS) is 16.6. The van der Waals surface area contributed by atoms with Gasteiger partial charge in [0.15, 0.2) is 0 Å². The van der Waals surface area contributed by atoms with E-state index in [1.54, 1.807) is 6.26 Å². The molecule has 1 heterocycles. The van der Waals surface area contributed by atoms with Crippen LogP contribution in [0.15, 0.2) is 18.2 Å². The second-order valence-electron chi connectivity index (χ2n) is 4.66. The van der Waals surface area contributed by atoms with E-state index in [9.17, 15) is 9.00 Å². The number of benzene rings is 1. The third kappa shape index (κ3) is 3.10. The fraction of sp³-hybridized carbons (Fsp3) is 0.462. The molecule has 0 radical (unpaired) electrons. The van der Waals surface area contributed by atoms with Crippen LogP contribution in [0.4, 0.5) is 5.69 Å². The van der Waals surface area contributed by atoms with Crippen LogP contribution >= 0.6 is 0 Å². The lowest BCUT2D eigenvalue weighted by Gasteiger charge is -2.13. The Morgan fingerprint density at radius 1 is 1.56 bits per heavy atom. The van der Waals surface area contributed by atoms with E-state index in [1.165, 1.54) is 5.56 Å². The van der Waals surface area contributed by atoms with Gasteiger partial charge in [-0.05, 0) is 37.1 Å². The zero-order chi connectivity index (χ0) is 13.1. The standard InChI is InChI=1S/C13H18N2O2S/c1-9(8-18(2)17)15-13(16)11-3-4-12-10(7-11)5-6-14-12/h3-4,7,9,14H,5-6,8H2,1-2H3,(H,15,16). The predicted molar refractivity (Wildman–Crippen MR) is 74.5 cm³/mol. The first-order valence-corrected chi connectivity index (χ1v) is 7.76. The molecule has 0 fully saturated rings. The molecular formula is C13H18N2O2S. The summed E-state index contributed by atoms with van der Waals surface area (Å²) in [6, 6.07) is 5.62. The van der Waals surface area contributed by atoms with Crippen molar-refractivity contribution in [1.29, 1.82) is 0 Å². The van der Waals surface area contributed by atoms with Crippen molar-refractivity contribution in [2.75, 3.05) is 23.9 Å². The second kappa shape index (κ2) is 5.52. The van der Waals surface area contributed by atoms with Crippen molar-refractivity contribution in [3.8, 4) is 0 Å². The third-order valence-electron chi connectivity index (χ3n) is 2.94. The summed E-state index contributed by atoms with van der Waals surface area (Å²) in [5.41, 5.74) is 2.98. The molecule has 0 bridgehead atoms. The zero-order valence-electron chi connectivity index (χ0n) is 10.7. The number of anilines is 1. The molecule has 5 heteroatoms. The first-order chi connectivity index (χ1) is 8.56. The largest absolute Gasteiger partial charge is 0.384 e. The molecule has 0 aromatic heterocycles. The molecule has 4 nitrogen and oxygen atoms in total. The smallest absolute Gasteiger partial charge is 0.251 e. The molecule has 98 valence electrons. The summed E-state index contributed by atoms with van der Waals surface area (Å²) in [4.78, 5) is 12.0. The van der Waals surface area contributed by atoms with Crippen molar-refractivity contribution in [1.82, 2.24) is 5.32 Å². The van der Waals surface area contributed by atoms with E-state index in [-0.39, 0.29) is 11.9 Å². The Morgan fingerprint density at radius 2 is 2.33 bits per heavy atom. The van der Waals surface area contributed by atoms with Crippen molar-refractivity contribution in [3.05, 3.63) is 29.3 Å². The lowest BCUT2D eigenvalue weighted by atomic mass is 10.1. The van der Waals surface area contributed by atoms with Crippen LogP contribution in [0.1, 0.15) is 22.8 Å². The maximum atomic E-state index is 12.0. The second-order valence-corrected chi connectivity index (χ2v) is 6.14. The van der Waals surface area contributed by atoms with E-state index in [0.29, 0.717) is 11.3 Å². The zero-order valence-corrected chi connectivity index (χ0v) is 11.5. The topological polar surface area (TPSA) is 58.2 Å². The van der Waals surface area contributed by atoms with Gasteiger partial charge in [-0.1, -0.05) is 0 Å². The van der Waals surface area contributed by atoms with E-state index in [1.807, 2.05) is 25.1 Å². The van der Waals surface area contributed by atoms with Crippen LogP contribution in [0.3, 0.4) is 0 Å². The van der Waals surface area contributed by atoms with Crippen molar-refractivity contribution in [3.63, 3.8) is 0 Å². The lowest BCUT2D eigenvalue weighted by molar-refractivity contribution is 0.0943. The molecule has 2 unspecified atom stereocenters. The number of carbonyl (C=O) groups is 1. The Labute approximate surface area is 110 Å². The van der Waals surface area contributed by atoms with Crippen LogP contribution in [-0.4, -0.2) is 34.7 Å². The van der Waals surface area contributed by atoms with E-state index >= 15 is 0 Å². The summed E-state index contributed by atoms with van der Waals surface area (Å²) >= 11 is 0. The Bertz CT molecular complexity index is 488. The van der Waals surface area contributed by atoms with Crippen molar-refractivity contribution in [2.24, 2.45) is 0 Å². The molecule has 0 spiro atoms. The van der Waals surface area contributed by atoms with Gasteiger partial charge in [-0.15, -0.1) is 0 Å². The Hall–Kier alpha value is -1.36. The molecule has 2 atom stereocenters. The molecule has 1 aliphatic rings. The highest BCUT2D eigenvalue weighted by Crippen LogP contribution is 2.22. The number of nitrogens with one attached hydrogen (secondary N) is 2. The van der Waals surface area contributed by atoms with Gasteiger partial charge in [-0.3, -0.25) is 9.00 Å². The highest BCUT2D eigenvalue weighted by molar-refractivity contribution is 7.84. The summed E-state index contributed by atoms with van der Waals surface area (Å²) in [6.07, 6.45) is 2.61. The average molecular weight is 266 g/mol. The van der Waals surface area contributed by atoms with Crippen LogP contribution in [0.2, 0.25) is 0 Å². The van der Waals surface area contributed by atoms with Gasteiger partial charge in [0.05, 0.1) is 0 Å². The third-order valence-corrected chi connectivity index (χ3v) is 3.91. The maximum Gasteiger partial charge on any atom is 0.251 e. The summed E-state index contributed by atoms with van der Waals surface area (Å²) in [5.74, 6) is 0.390. The van der Waals surface area contributed by atoms with Gasteiger partial charge in [-0.25, -0.2) is 0 Å². The van der Waals surface area contributed by atoms with Gasteiger partial charge in [0, 0.05) is 46.6 Å². The molecule has 0 saturated heterocycles. The van der Waals surface area contributed by atoms with Gasteiger partial charge in [0.25, 0.3) is 5.91 Å². The van der Waals surface area contributed by atoms with Crippen LogP contribution < -0.4 is 10.6 Å². The average Bonchev–Trinajstić information content (AvgIpc) is 2.74. The number of hydrogen-bond acceptors (Lipinski definition) is 3. The first kappa shape index (κ1) is 13.1. The molecule has 1 aliphatic heterocycles. The summed E-state index contributed by atoms with van der Waals surface area (Å²) < 4.78 is 11.1. The minimum atomic E-state index is -0.893.